The van der Waals surface area contributed by atoms with Crippen LogP contribution in [0.5, 0.6) is 5.75 Å². The zero-order valence-corrected chi connectivity index (χ0v) is 23.0. The molecule has 0 aliphatic carbocycles. The summed E-state index contributed by atoms with van der Waals surface area (Å²) in [7, 11) is -5.78. The SMILES string of the molecule is O=S(=O)(Oc1ccc(-c2cc3c4ccccc4sc3c3nc4c5ccc6ccccc6c5ccc4n23)cc1)C(F)(F)F. The first kappa shape index (κ1) is 25.1. The third kappa shape index (κ3) is 3.61. The molecule has 0 saturated heterocycles. The Morgan fingerprint density at radius 2 is 1.45 bits per heavy atom. The molecule has 206 valence electrons. The van der Waals surface area contributed by atoms with Crippen molar-refractivity contribution >= 4 is 79.9 Å². The zero-order valence-electron chi connectivity index (χ0n) is 21.4. The molecule has 0 N–H and O–H groups in total. The van der Waals surface area contributed by atoms with Crippen LogP contribution in [0.15, 0.2) is 103 Å². The lowest BCUT2D eigenvalue weighted by Crippen LogP contribution is -2.28. The van der Waals surface area contributed by atoms with E-state index in [4.69, 9.17) is 4.98 Å². The van der Waals surface area contributed by atoms with Crippen LogP contribution in [-0.4, -0.2) is 23.3 Å². The molecule has 0 bridgehead atoms. The van der Waals surface area contributed by atoms with Crippen LogP contribution in [0, 0.1) is 0 Å². The fourth-order valence-electron chi connectivity index (χ4n) is 5.67. The number of hydrogen-bond acceptors (Lipinski definition) is 5. The van der Waals surface area contributed by atoms with Crippen molar-refractivity contribution in [3.63, 3.8) is 0 Å². The summed E-state index contributed by atoms with van der Waals surface area (Å²) in [5, 5.41) is 6.44. The molecule has 8 aromatic rings. The quantitative estimate of drug-likeness (QED) is 0.116. The van der Waals surface area contributed by atoms with Gasteiger partial charge in [0.15, 0.2) is 5.65 Å². The maximum absolute atomic E-state index is 12.9. The van der Waals surface area contributed by atoms with Gasteiger partial charge in [-0.15, -0.1) is 11.3 Å². The first-order valence-electron chi connectivity index (χ1n) is 12.9. The van der Waals surface area contributed by atoms with Crippen molar-refractivity contribution in [3.05, 3.63) is 103 Å². The minimum Gasteiger partial charge on any atom is -0.376 e. The van der Waals surface area contributed by atoms with E-state index < -0.39 is 21.4 Å². The summed E-state index contributed by atoms with van der Waals surface area (Å²) in [6, 6.07) is 32.2. The van der Waals surface area contributed by atoms with E-state index in [1.54, 1.807) is 23.5 Å². The van der Waals surface area contributed by atoms with Gasteiger partial charge in [0.1, 0.15) is 5.75 Å². The van der Waals surface area contributed by atoms with Crippen LogP contribution in [0.3, 0.4) is 0 Å². The molecule has 0 unspecified atom stereocenters. The van der Waals surface area contributed by atoms with E-state index >= 15 is 0 Å². The maximum atomic E-state index is 12.9. The zero-order chi connectivity index (χ0) is 28.8. The molecule has 0 aliphatic rings. The summed E-state index contributed by atoms with van der Waals surface area (Å²) in [6.45, 7) is 0. The summed E-state index contributed by atoms with van der Waals surface area (Å²) >= 11 is 1.65. The normalized spacial score (nSPS) is 12.8. The Hall–Kier alpha value is -4.67. The van der Waals surface area contributed by atoms with Crippen LogP contribution in [0.1, 0.15) is 0 Å². The number of fused-ring (bicyclic) bond motifs is 11. The number of rotatable bonds is 3. The standard InChI is InChI=1S/C32H17F3N2O3S2/c33-32(34,35)42(38,39)40-20-12-9-19(10-13-20)27-17-25-23-7-3-4-8-28(23)41-30(25)31-36-29-24-14-11-18-5-1-2-6-21(18)22(24)15-16-26(29)37(27)31/h1-17H. The lowest BCUT2D eigenvalue weighted by Gasteiger charge is -2.12. The monoisotopic (exact) mass is 598 g/mol. The molecule has 0 saturated carbocycles. The molecule has 42 heavy (non-hydrogen) atoms. The van der Waals surface area contributed by atoms with Crippen LogP contribution in [-0.2, 0) is 10.1 Å². The van der Waals surface area contributed by atoms with Gasteiger partial charge in [-0.3, -0.25) is 4.40 Å². The van der Waals surface area contributed by atoms with Crippen molar-refractivity contribution in [1.82, 2.24) is 9.38 Å². The van der Waals surface area contributed by atoms with Gasteiger partial charge in [0.25, 0.3) is 0 Å². The summed E-state index contributed by atoms with van der Waals surface area (Å²) in [5.41, 5.74) is -1.63. The van der Waals surface area contributed by atoms with Crippen molar-refractivity contribution in [1.29, 1.82) is 0 Å². The number of nitrogens with zero attached hydrogens (tertiary/aromatic N) is 2. The van der Waals surface area contributed by atoms with Crippen LogP contribution < -0.4 is 4.18 Å². The highest BCUT2D eigenvalue weighted by Crippen LogP contribution is 2.42. The molecule has 0 amide bonds. The number of imidazole rings is 1. The molecule has 5 nitrogen and oxygen atoms in total. The second-order valence-electron chi connectivity index (χ2n) is 9.96. The van der Waals surface area contributed by atoms with E-state index in [2.05, 4.69) is 57.1 Å². The highest BCUT2D eigenvalue weighted by Gasteiger charge is 2.48. The molecule has 0 spiro atoms. The summed E-state index contributed by atoms with van der Waals surface area (Å²) in [6.07, 6.45) is 0. The Morgan fingerprint density at radius 3 is 2.24 bits per heavy atom. The minimum absolute atomic E-state index is 0.428. The van der Waals surface area contributed by atoms with Crippen molar-refractivity contribution in [2.45, 2.75) is 5.51 Å². The van der Waals surface area contributed by atoms with E-state index in [1.807, 2.05) is 30.3 Å². The van der Waals surface area contributed by atoms with E-state index in [0.29, 0.717) is 5.56 Å². The molecule has 3 aromatic heterocycles. The molecule has 10 heteroatoms. The lowest BCUT2D eigenvalue weighted by molar-refractivity contribution is -0.0500. The fraction of sp³-hybridized carbons (Fsp3) is 0.0312. The van der Waals surface area contributed by atoms with Gasteiger partial charge in [-0.2, -0.15) is 21.6 Å². The van der Waals surface area contributed by atoms with Gasteiger partial charge in [0.2, 0.25) is 0 Å². The van der Waals surface area contributed by atoms with Gasteiger partial charge in [-0.05, 0) is 64.2 Å². The molecular formula is C32H17F3N2O3S2. The molecular weight excluding hydrogens is 581 g/mol. The summed E-state index contributed by atoms with van der Waals surface area (Å²) < 4.78 is 70.2. The summed E-state index contributed by atoms with van der Waals surface area (Å²) in [4.78, 5) is 5.20. The average molecular weight is 599 g/mol. The number of thiophene rings is 1. The lowest BCUT2D eigenvalue weighted by atomic mass is 10.0. The fourth-order valence-corrected chi connectivity index (χ4v) is 7.29. The van der Waals surface area contributed by atoms with E-state index in [9.17, 15) is 21.6 Å². The number of aromatic nitrogens is 2. The van der Waals surface area contributed by atoms with Gasteiger partial charge >= 0.3 is 15.6 Å². The van der Waals surface area contributed by atoms with Gasteiger partial charge in [-0.1, -0.05) is 60.7 Å². The van der Waals surface area contributed by atoms with Gasteiger partial charge < -0.3 is 4.18 Å². The van der Waals surface area contributed by atoms with E-state index in [1.165, 1.54) is 12.1 Å². The molecule has 0 radical (unpaired) electrons. The molecule has 3 heterocycles. The van der Waals surface area contributed by atoms with Crippen LogP contribution >= 0.6 is 11.3 Å². The number of alkyl halides is 3. The molecule has 0 fully saturated rings. The predicted octanol–water partition coefficient (Wildman–Crippen LogP) is 9.06. The van der Waals surface area contributed by atoms with E-state index in [-0.39, 0.29) is 0 Å². The Morgan fingerprint density at radius 1 is 0.738 bits per heavy atom. The smallest absolute Gasteiger partial charge is 0.376 e. The van der Waals surface area contributed by atoms with Crippen molar-refractivity contribution < 1.29 is 25.8 Å². The first-order chi connectivity index (χ1) is 20.2. The Bertz CT molecular complexity index is 2500. The summed E-state index contributed by atoms with van der Waals surface area (Å²) in [5.74, 6) is -0.428. The topological polar surface area (TPSA) is 60.7 Å². The Labute approximate surface area is 240 Å². The van der Waals surface area contributed by atoms with Crippen LogP contribution in [0.25, 0.3) is 69.7 Å². The largest absolute Gasteiger partial charge is 0.534 e. The second-order valence-corrected chi connectivity index (χ2v) is 12.6. The van der Waals surface area contributed by atoms with Crippen molar-refractivity contribution in [3.8, 4) is 17.0 Å². The Kier molecular flexibility index (Phi) is 5.17. The second kappa shape index (κ2) is 8.67. The maximum Gasteiger partial charge on any atom is 0.534 e. The average Bonchev–Trinajstić information content (AvgIpc) is 3.55. The van der Waals surface area contributed by atoms with Crippen molar-refractivity contribution in [2.75, 3.05) is 0 Å². The minimum atomic E-state index is -5.78. The molecule has 0 atom stereocenters. The number of pyridine rings is 1. The van der Waals surface area contributed by atoms with Gasteiger partial charge in [-0.25, -0.2) is 4.98 Å². The first-order valence-corrected chi connectivity index (χ1v) is 15.1. The van der Waals surface area contributed by atoms with Crippen LogP contribution in [0.2, 0.25) is 0 Å². The third-order valence-corrected chi connectivity index (χ3v) is 9.71. The van der Waals surface area contributed by atoms with E-state index in [0.717, 1.165) is 64.1 Å². The molecule has 5 aromatic carbocycles. The highest BCUT2D eigenvalue weighted by molar-refractivity contribution is 7.88. The predicted molar refractivity (Wildman–Crippen MR) is 162 cm³/mol. The molecule has 8 rings (SSSR count). The molecule has 0 aliphatic heterocycles. The number of benzene rings is 5. The number of halogens is 3. The van der Waals surface area contributed by atoms with Gasteiger partial charge in [0, 0.05) is 20.9 Å². The van der Waals surface area contributed by atoms with Gasteiger partial charge in [0.05, 0.1) is 21.4 Å². The van der Waals surface area contributed by atoms with Crippen molar-refractivity contribution in [2.24, 2.45) is 0 Å². The van der Waals surface area contributed by atoms with Crippen LogP contribution in [0.4, 0.5) is 13.2 Å². The Balaban J connectivity index is 1.42. The number of hydrogen-bond donors (Lipinski definition) is 0. The third-order valence-electron chi connectivity index (χ3n) is 7.55. The highest BCUT2D eigenvalue weighted by atomic mass is 32.2.